The molecule has 0 amide bonds. The van der Waals surface area contributed by atoms with Crippen molar-refractivity contribution in [3.63, 3.8) is 0 Å². The Morgan fingerprint density at radius 2 is 1.88 bits per heavy atom. The van der Waals surface area contributed by atoms with Crippen LogP contribution >= 0.6 is 0 Å². The Hall–Kier alpha value is -0.830. The zero-order valence-corrected chi connectivity index (χ0v) is 11.5. The van der Waals surface area contributed by atoms with Gasteiger partial charge in [0.1, 0.15) is 0 Å². The third kappa shape index (κ3) is 2.85. The molecular formula is C13H25N3. The third-order valence-corrected chi connectivity index (χ3v) is 3.17. The first-order valence-electron chi connectivity index (χ1n) is 6.25. The molecule has 0 aromatic carbocycles. The molecule has 0 saturated heterocycles. The molecule has 1 aromatic heterocycles. The second-order valence-corrected chi connectivity index (χ2v) is 4.89. The van der Waals surface area contributed by atoms with Crippen molar-refractivity contribution in [1.29, 1.82) is 0 Å². The fourth-order valence-corrected chi connectivity index (χ4v) is 1.86. The van der Waals surface area contributed by atoms with Crippen LogP contribution in [0.3, 0.4) is 0 Å². The first-order valence-corrected chi connectivity index (χ1v) is 6.25. The van der Waals surface area contributed by atoms with Crippen molar-refractivity contribution in [3.05, 3.63) is 17.0 Å². The van der Waals surface area contributed by atoms with Gasteiger partial charge in [-0.1, -0.05) is 20.8 Å². The van der Waals surface area contributed by atoms with Crippen LogP contribution in [0.1, 0.15) is 57.1 Å². The standard InChI is InChI=1S/C13H25N3/c1-7-10(4)16-12(6)13(11(5)15-16)8-14-9(2)3/h9-10,14H,7-8H2,1-6H3. The van der Waals surface area contributed by atoms with Gasteiger partial charge >= 0.3 is 0 Å². The van der Waals surface area contributed by atoms with E-state index >= 15 is 0 Å². The van der Waals surface area contributed by atoms with Gasteiger partial charge in [-0.3, -0.25) is 4.68 Å². The Bertz CT molecular complexity index is 339. The highest BCUT2D eigenvalue weighted by atomic mass is 15.3. The molecule has 0 aliphatic carbocycles. The Kier molecular flexibility index (Phi) is 4.54. The minimum atomic E-state index is 0.492. The monoisotopic (exact) mass is 223 g/mol. The molecular weight excluding hydrogens is 198 g/mol. The molecule has 1 N–H and O–H groups in total. The van der Waals surface area contributed by atoms with Crippen LogP contribution in [-0.2, 0) is 6.54 Å². The molecule has 0 fully saturated rings. The summed E-state index contributed by atoms with van der Waals surface area (Å²) >= 11 is 0. The van der Waals surface area contributed by atoms with Crippen molar-refractivity contribution >= 4 is 0 Å². The van der Waals surface area contributed by atoms with Gasteiger partial charge in [0.15, 0.2) is 0 Å². The summed E-state index contributed by atoms with van der Waals surface area (Å²) in [6.07, 6.45) is 1.12. The number of hydrogen-bond acceptors (Lipinski definition) is 2. The smallest absolute Gasteiger partial charge is 0.0641 e. The van der Waals surface area contributed by atoms with Crippen LogP contribution in [0.5, 0.6) is 0 Å². The van der Waals surface area contributed by atoms with E-state index in [0.717, 1.165) is 18.7 Å². The summed E-state index contributed by atoms with van der Waals surface area (Å²) in [5.74, 6) is 0. The average Bonchev–Trinajstić information content (AvgIpc) is 2.51. The van der Waals surface area contributed by atoms with Crippen molar-refractivity contribution in [1.82, 2.24) is 15.1 Å². The third-order valence-electron chi connectivity index (χ3n) is 3.17. The molecule has 1 unspecified atom stereocenters. The van der Waals surface area contributed by atoms with E-state index in [4.69, 9.17) is 0 Å². The summed E-state index contributed by atoms with van der Waals surface area (Å²) in [7, 11) is 0. The minimum Gasteiger partial charge on any atom is -0.310 e. The fraction of sp³-hybridized carbons (Fsp3) is 0.769. The maximum Gasteiger partial charge on any atom is 0.0641 e. The lowest BCUT2D eigenvalue weighted by Gasteiger charge is -2.12. The zero-order valence-electron chi connectivity index (χ0n) is 11.5. The van der Waals surface area contributed by atoms with Gasteiger partial charge in [-0.25, -0.2) is 0 Å². The van der Waals surface area contributed by atoms with E-state index < -0.39 is 0 Å². The maximum atomic E-state index is 4.64. The Morgan fingerprint density at radius 3 is 2.38 bits per heavy atom. The zero-order chi connectivity index (χ0) is 12.3. The summed E-state index contributed by atoms with van der Waals surface area (Å²) < 4.78 is 2.16. The van der Waals surface area contributed by atoms with Crippen LogP contribution in [0, 0.1) is 13.8 Å². The normalized spacial score (nSPS) is 13.4. The Labute approximate surface area is 99.2 Å². The van der Waals surface area contributed by atoms with E-state index in [-0.39, 0.29) is 0 Å². The van der Waals surface area contributed by atoms with Gasteiger partial charge < -0.3 is 5.32 Å². The molecule has 1 heterocycles. The second-order valence-electron chi connectivity index (χ2n) is 4.89. The first kappa shape index (κ1) is 13.2. The topological polar surface area (TPSA) is 29.9 Å². The van der Waals surface area contributed by atoms with E-state index in [0.29, 0.717) is 12.1 Å². The van der Waals surface area contributed by atoms with E-state index in [1.165, 1.54) is 11.3 Å². The molecule has 1 atom stereocenters. The molecule has 3 nitrogen and oxygen atoms in total. The molecule has 0 bridgehead atoms. The molecule has 1 rings (SSSR count). The van der Waals surface area contributed by atoms with E-state index in [1.807, 2.05) is 0 Å². The molecule has 0 saturated carbocycles. The van der Waals surface area contributed by atoms with Gasteiger partial charge in [-0.15, -0.1) is 0 Å². The summed E-state index contributed by atoms with van der Waals surface area (Å²) in [4.78, 5) is 0. The number of nitrogens with zero attached hydrogens (tertiary/aromatic N) is 2. The second kappa shape index (κ2) is 5.48. The highest BCUT2D eigenvalue weighted by Gasteiger charge is 2.14. The average molecular weight is 223 g/mol. The summed E-state index contributed by atoms with van der Waals surface area (Å²) in [5.41, 5.74) is 3.82. The summed E-state index contributed by atoms with van der Waals surface area (Å²) in [6.45, 7) is 14.0. The highest BCUT2D eigenvalue weighted by Crippen LogP contribution is 2.19. The molecule has 16 heavy (non-hydrogen) atoms. The minimum absolute atomic E-state index is 0.492. The maximum absolute atomic E-state index is 4.64. The number of hydrogen-bond donors (Lipinski definition) is 1. The number of rotatable bonds is 5. The lowest BCUT2D eigenvalue weighted by Crippen LogP contribution is -2.22. The molecule has 92 valence electrons. The van der Waals surface area contributed by atoms with Gasteiger partial charge in [0.2, 0.25) is 0 Å². The largest absolute Gasteiger partial charge is 0.310 e. The van der Waals surface area contributed by atoms with E-state index in [2.05, 4.69) is 56.6 Å². The predicted octanol–water partition coefficient (Wildman–Crippen LogP) is 2.97. The lowest BCUT2D eigenvalue weighted by molar-refractivity contribution is 0.464. The highest BCUT2D eigenvalue weighted by molar-refractivity contribution is 5.24. The summed E-state index contributed by atoms with van der Waals surface area (Å²) in [5, 5.41) is 8.10. The molecule has 0 aliphatic rings. The van der Waals surface area contributed by atoms with Crippen molar-refractivity contribution in [2.24, 2.45) is 0 Å². The van der Waals surface area contributed by atoms with Crippen LogP contribution in [0.4, 0.5) is 0 Å². The lowest BCUT2D eigenvalue weighted by atomic mass is 10.1. The number of nitrogens with one attached hydrogen (secondary N) is 1. The van der Waals surface area contributed by atoms with E-state index in [9.17, 15) is 0 Å². The van der Waals surface area contributed by atoms with Gasteiger partial charge in [-0.2, -0.15) is 5.10 Å². The van der Waals surface area contributed by atoms with Crippen LogP contribution < -0.4 is 5.32 Å². The van der Waals surface area contributed by atoms with Crippen LogP contribution in [0.2, 0.25) is 0 Å². The SMILES string of the molecule is CCC(C)n1nc(C)c(CNC(C)C)c1C. The van der Waals surface area contributed by atoms with Crippen LogP contribution in [0.15, 0.2) is 0 Å². The fourth-order valence-electron chi connectivity index (χ4n) is 1.86. The van der Waals surface area contributed by atoms with Crippen molar-refractivity contribution in [3.8, 4) is 0 Å². The van der Waals surface area contributed by atoms with E-state index in [1.54, 1.807) is 0 Å². The molecule has 1 aromatic rings. The Morgan fingerprint density at radius 1 is 1.25 bits per heavy atom. The van der Waals surface area contributed by atoms with Crippen molar-refractivity contribution in [2.75, 3.05) is 0 Å². The van der Waals surface area contributed by atoms with Crippen molar-refractivity contribution < 1.29 is 0 Å². The quantitative estimate of drug-likeness (QED) is 0.831. The Balaban J connectivity index is 2.89. The summed E-state index contributed by atoms with van der Waals surface area (Å²) in [6, 6.07) is 1.01. The van der Waals surface area contributed by atoms with Crippen molar-refractivity contribution in [2.45, 2.75) is 66.6 Å². The molecule has 3 heteroatoms. The van der Waals surface area contributed by atoms with Gasteiger partial charge in [0.05, 0.1) is 5.69 Å². The van der Waals surface area contributed by atoms with Crippen LogP contribution in [-0.4, -0.2) is 15.8 Å². The first-order chi connectivity index (χ1) is 7.47. The molecule has 0 aliphatic heterocycles. The molecule has 0 radical (unpaired) electrons. The number of aryl methyl sites for hydroxylation is 1. The van der Waals surface area contributed by atoms with Crippen LogP contribution in [0.25, 0.3) is 0 Å². The van der Waals surface area contributed by atoms with Gasteiger partial charge in [-0.05, 0) is 27.2 Å². The molecule has 0 spiro atoms. The van der Waals surface area contributed by atoms with Gasteiger partial charge in [0, 0.05) is 29.9 Å². The predicted molar refractivity (Wildman–Crippen MR) is 68.7 cm³/mol. The van der Waals surface area contributed by atoms with Gasteiger partial charge in [0.25, 0.3) is 0 Å². The number of aromatic nitrogens is 2.